The molecule has 0 radical (unpaired) electrons. The lowest BCUT2D eigenvalue weighted by Gasteiger charge is -2.39. The number of pyridine rings is 1. The summed E-state index contributed by atoms with van der Waals surface area (Å²) in [5.41, 5.74) is -1.27. The van der Waals surface area contributed by atoms with Gasteiger partial charge < -0.3 is 23.7 Å². The molecule has 1 atom stereocenters. The number of esters is 3. The van der Waals surface area contributed by atoms with E-state index in [2.05, 4.69) is 4.74 Å². The second-order valence-corrected chi connectivity index (χ2v) is 9.22. The highest BCUT2D eigenvalue weighted by Crippen LogP contribution is 2.29. The minimum Gasteiger partial charge on any atom is -0.469 e. The summed E-state index contributed by atoms with van der Waals surface area (Å²) in [5, 5.41) is -0.206. The molecule has 1 saturated heterocycles. The molecule has 218 valence electrons. The van der Waals surface area contributed by atoms with Crippen LogP contribution in [0.2, 0.25) is 0 Å². The maximum absolute atomic E-state index is 15.5. The first-order chi connectivity index (χ1) is 19.6. The van der Waals surface area contributed by atoms with E-state index in [1.807, 2.05) is 0 Å². The third kappa shape index (κ3) is 6.04. The normalized spacial score (nSPS) is 14.5. The van der Waals surface area contributed by atoms with Gasteiger partial charge in [-0.15, -0.1) is 0 Å². The highest BCUT2D eigenvalue weighted by molar-refractivity contribution is 5.95. The molecule has 41 heavy (non-hydrogen) atoms. The van der Waals surface area contributed by atoms with Crippen molar-refractivity contribution in [1.82, 2.24) is 9.47 Å². The summed E-state index contributed by atoms with van der Waals surface area (Å²) >= 11 is 0. The number of carbonyl (C=O) groups is 3. The molecule has 1 aliphatic rings. The van der Waals surface area contributed by atoms with Crippen LogP contribution in [0, 0.1) is 17.5 Å². The number of halogens is 3. The molecule has 1 aromatic heterocycles. The highest BCUT2D eigenvalue weighted by Gasteiger charge is 2.33. The molecule has 0 spiro atoms. The fourth-order valence-electron chi connectivity index (χ4n) is 4.82. The Kier molecular flexibility index (Phi) is 8.96. The van der Waals surface area contributed by atoms with Gasteiger partial charge in [0.25, 0.3) is 0 Å². The Balaban J connectivity index is 1.76. The second-order valence-electron chi connectivity index (χ2n) is 9.22. The lowest BCUT2D eigenvalue weighted by Crippen LogP contribution is -2.53. The van der Waals surface area contributed by atoms with E-state index in [1.165, 1.54) is 24.9 Å². The van der Waals surface area contributed by atoms with E-state index in [9.17, 15) is 28.0 Å². The van der Waals surface area contributed by atoms with Gasteiger partial charge in [-0.25, -0.2) is 18.0 Å². The molecule has 2 aromatic carbocycles. The molecular weight excluding hydrogens is 547 g/mol. The van der Waals surface area contributed by atoms with Crippen LogP contribution in [0.1, 0.15) is 23.7 Å². The fraction of sp³-hybridized carbons (Fsp3) is 0.357. The number of benzene rings is 2. The lowest BCUT2D eigenvalue weighted by molar-refractivity contribution is -0.153. The Bertz CT molecular complexity index is 1550. The third-order valence-electron chi connectivity index (χ3n) is 6.89. The standard InChI is InChI=1S/C28H28F3N3O7/c1-4-41-27(37)18-15-34(21-6-5-16(29)11-19(21)30)22-13-23(20(31)12-17(22)26(18)36)32-7-9-33(10-8-32)24(28(38)40-3)14-25(35)39-2/h5-6,11-13,15,24H,4,7-10,14H2,1-3H3. The van der Waals surface area contributed by atoms with Gasteiger partial charge in [-0.1, -0.05) is 0 Å². The van der Waals surface area contributed by atoms with Gasteiger partial charge in [-0.3, -0.25) is 19.3 Å². The van der Waals surface area contributed by atoms with Crippen molar-refractivity contribution >= 4 is 34.5 Å². The van der Waals surface area contributed by atoms with Crippen molar-refractivity contribution in [1.29, 1.82) is 0 Å². The molecule has 0 N–H and O–H groups in total. The van der Waals surface area contributed by atoms with Gasteiger partial charge >= 0.3 is 17.9 Å². The number of rotatable bonds is 8. The van der Waals surface area contributed by atoms with Crippen LogP contribution in [0.4, 0.5) is 18.9 Å². The monoisotopic (exact) mass is 575 g/mol. The van der Waals surface area contributed by atoms with Crippen molar-refractivity contribution in [3.63, 3.8) is 0 Å². The SMILES string of the molecule is CCOC(=O)c1cn(-c2ccc(F)cc2F)c2cc(N3CCN(C(CC(=O)OC)C(=O)OC)CC3)c(F)cc2c1=O. The number of ether oxygens (including phenoxy) is 3. The Labute approximate surface area is 232 Å². The van der Waals surface area contributed by atoms with Gasteiger partial charge in [-0.05, 0) is 31.2 Å². The van der Waals surface area contributed by atoms with Crippen LogP contribution in [0.25, 0.3) is 16.6 Å². The summed E-state index contributed by atoms with van der Waals surface area (Å²) in [7, 11) is 2.42. The van der Waals surface area contributed by atoms with E-state index in [0.29, 0.717) is 6.07 Å². The summed E-state index contributed by atoms with van der Waals surface area (Å²) in [6.07, 6.45) is 0.873. The third-order valence-corrected chi connectivity index (χ3v) is 6.89. The van der Waals surface area contributed by atoms with Gasteiger partial charge in [-0.2, -0.15) is 0 Å². The summed E-state index contributed by atoms with van der Waals surface area (Å²) < 4.78 is 59.7. The van der Waals surface area contributed by atoms with Gasteiger partial charge in [0.15, 0.2) is 0 Å². The smallest absolute Gasteiger partial charge is 0.343 e. The molecular formula is C28H28F3N3O7. The zero-order valence-corrected chi connectivity index (χ0v) is 22.6. The van der Waals surface area contributed by atoms with Crippen LogP contribution in [0.5, 0.6) is 0 Å². The summed E-state index contributed by atoms with van der Waals surface area (Å²) in [6.45, 7) is 2.49. The number of aromatic nitrogens is 1. The number of methoxy groups -OCH3 is 2. The molecule has 1 unspecified atom stereocenters. The molecule has 1 aliphatic heterocycles. The van der Waals surface area contributed by atoms with Crippen molar-refractivity contribution in [3.8, 4) is 5.69 Å². The predicted molar refractivity (Wildman–Crippen MR) is 142 cm³/mol. The molecule has 0 saturated carbocycles. The van der Waals surface area contributed by atoms with E-state index in [1.54, 1.807) is 16.7 Å². The Morgan fingerprint density at radius 3 is 2.22 bits per heavy atom. The van der Waals surface area contributed by atoms with Crippen LogP contribution in [0.15, 0.2) is 41.3 Å². The maximum atomic E-state index is 15.5. The van der Waals surface area contributed by atoms with E-state index in [0.717, 1.165) is 24.4 Å². The Hall–Kier alpha value is -4.39. The van der Waals surface area contributed by atoms with E-state index < -0.39 is 52.4 Å². The molecule has 0 aliphatic carbocycles. The van der Waals surface area contributed by atoms with E-state index in [4.69, 9.17) is 9.47 Å². The summed E-state index contributed by atoms with van der Waals surface area (Å²) in [6, 6.07) is 4.24. The van der Waals surface area contributed by atoms with Crippen LogP contribution >= 0.6 is 0 Å². The van der Waals surface area contributed by atoms with Crippen molar-refractivity contribution in [2.75, 3.05) is 51.9 Å². The minimum atomic E-state index is -0.969. The van der Waals surface area contributed by atoms with Crippen LogP contribution in [-0.4, -0.2) is 80.4 Å². The van der Waals surface area contributed by atoms with Gasteiger partial charge in [0.1, 0.15) is 29.1 Å². The Morgan fingerprint density at radius 2 is 1.61 bits per heavy atom. The molecule has 0 amide bonds. The predicted octanol–water partition coefficient (Wildman–Crippen LogP) is 2.81. The number of nitrogens with zero attached hydrogens (tertiary/aromatic N) is 3. The summed E-state index contributed by atoms with van der Waals surface area (Å²) in [5.74, 6) is -4.73. The van der Waals surface area contributed by atoms with Gasteiger partial charge in [0.05, 0.1) is 44.1 Å². The number of anilines is 1. The summed E-state index contributed by atoms with van der Waals surface area (Å²) in [4.78, 5) is 53.3. The second kappa shape index (κ2) is 12.4. The first-order valence-corrected chi connectivity index (χ1v) is 12.7. The molecule has 10 nitrogen and oxygen atoms in total. The molecule has 0 bridgehead atoms. The molecule has 2 heterocycles. The average molecular weight is 576 g/mol. The minimum absolute atomic E-state index is 0.0308. The van der Waals surface area contributed by atoms with Crippen LogP contribution in [-0.2, 0) is 23.8 Å². The number of hydrogen-bond acceptors (Lipinski definition) is 9. The number of hydrogen-bond donors (Lipinski definition) is 0. The van der Waals surface area contributed by atoms with Crippen molar-refractivity contribution < 1.29 is 41.8 Å². The highest BCUT2D eigenvalue weighted by atomic mass is 19.1. The average Bonchev–Trinajstić information content (AvgIpc) is 2.96. The van der Waals surface area contributed by atoms with Crippen molar-refractivity contribution in [3.05, 3.63) is 69.8 Å². The first-order valence-electron chi connectivity index (χ1n) is 12.7. The van der Waals surface area contributed by atoms with Crippen LogP contribution in [0.3, 0.4) is 0 Å². The Morgan fingerprint density at radius 1 is 0.927 bits per heavy atom. The fourth-order valence-corrected chi connectivity index (χ4v) is 4.82. The first kappa shape index (κ1) is 29.6. The zero-order chi connectivity index (χ0) is 29.8. The topological polar surface area (TPSA) is 107 Å². The molecule has 3 aromatic rings. The largest absolute Gasteiger partial charge is 0.469 e. The number of fused-ring (bicyclic) bond motifs is 1. The van der Waals surface area contributed by atoms with Crippen molar-refractivity contribution in [2.45, 2.75) is 19.4 Å². The number of piperazine rings is 1. The van der Waals surface area contributed by atoms with Crippen molar-refractivity contribution in [2.24, 2.45) is 0 Å². The van der Waals surface area contributed by atoms with Gasteiger partial charge in [0.2, 0.25) is 5.43 Å². The molecule has 4 rings (SSSR count). The maximum Gasteiger partial charge on any atom is 0.343 e. The van der Waals surface area contributed by atoms with Crippen LogP contribution < -0.4 is 10.3 Å². The quantitative estimate of drug-likeness (QED) is 0.296. The molecule has 13 heteroatoms. The number of carbonyl (C=O) groups excluding carboxylic acids is 3. The molecule has 1 fully saturated rings. The van der Waals surface area contributed by atoms with Gasteiger partial charge in [0, 0.05) is 43.8 Å². The zero-order valence-electron chi connectivity index (χ0n) is 22.6. The van der Waals surface area contributed by atoms with E-state index in [-0.39, 0.29) is 61.5 Å². The van der Waals surface area contributed by atoms with E-state index >= 15 is 4.39 Å². The lowest BCUT2D eigenvalue weighted by atomic mass is 10.1.